The van der Waals surface area contributed by atoms with Crippen LogP contribution >= 0.6 is 0 Å². The van der Waals surface area contributed by atoms with Crippen molar-refractivity contribution in [2.45, 2.75) is 30.7 Å². The molecule has 0 radical (unpaired) electrons. The van der Waals surface area contributed by atoms with Crippen LogP contribution in [0.25, 0.3) is 0 Å². The molecule has 1 saturated heterocycles. The summed E-state index contributed by atoms with van der Waals surface area (Å²) < 4.78 is 26.9. The largest absolute Gasteiger partial charge is 0.341 e. The average molecular weight is 435 g/mol. The van der Waals surface area contributed by atoms with Gasteiger partial charge in [-0.2, -0.15) is 4.31 Å². The molecule has 5 nitrogen and oxygen atoms in total. The third-order valence-electron chi connectivity index (χ3n) is 5.64. The lowest BCUT2D eigenvalue weighted by Crippen LogP contribution is -2.30. The number of nitrogens with zero attached hydrogens (tertiary/aromatic N) is 1. The Morgan fingerprint density at radius 2 is 1.42 bits per heavy atom. The highest BCUT2D eigenvalue weighted by atomic mass is 32.2. The monoisotopic (exact) mass is 434 g/mol. The van der Waals surface area contributed by atoms with E-state index in [2.05, 4.69) is 5.32 Å². The topological polar surface area (TPSA) is 66.5 Å². The van der Waals surface area contributed by atoms with Crippen LogP contribution in [0.3, 0.4) is 0 Å². The summed E-state index contributed by atoms with van der Waals surface area (Å²) in [6, 6.07) is 23.8. The highest BCUT2D eigenvalue weighted by Crippen LogP contribution is 2.24. The number of benzene rings is 3. The summed E-state index contributed by atoms with van der Waals surface area (Å²) in [4.78, 5) is 13.2. The molecule has 0 aliphatic carbocycles. The lowest BCUT2D eigenvalue weighted by Gasteiger charge is -2.20. The fourth-order valence-corrected chi connectivity index (χ4v) is 5.35. The molecule has 1 fully saturated rings. The number of carbonyl (C=O) groups is 1. The molecular formula is C25H26N2O3S. The van der Waals surface area contributed by atoms with E-state index in [0.29, 0.717) is 18.7 Å². The number of rotatable bonds is 6. The van der Waals surface area contributed by atoms with E-state index in [4.69, 9.17) is 0 Å². The van der Waals surface area contributed by atoms with Crippen molar-refractivity contribution in [1.82, 2.24) is 9.62 Å². The second-order valence-corrected chi connectivity index (χ2v) is 9.80. The molecular weight excluding hydrogens is 408 g/mol. The van der Waals surface area contributed by atoms with E-state index in [1.807, 2.05) is 61.5 Å². The van der Waals surface area contributed by atoms with Crippen LogP contribution in [0.2, 0.25) is 0 Å². The number of amides is 1. The van der Waals surface area contributed by atoms with Crippen LogP contribution in [0.1, 0.15) is 45.9 Å². The van der Waals surface area contributed by atoms with Gasteiger partial charge in [0.25, 0.3) is 5.91 Å². The number of hydrogen-bond acceptors (Lipinski definition) is 3. The van der Waals surface area contributed by atoms with E-state index in [1.165, 1.54) is 16.4 Å². The molecule has 3 aromatic carbocycles. The smallest absolute Gasteiger partial charge is 0.252 e. The van der Waals surface area contributed by atoms with Gasteiger partial charge in [0.15, 0.2) is 0 Å². The van der Waals surface area contributed by atoms with Gasteiger partial charge in [-0.3, -0.25) is 4.79 Å². The first-order valence-electron chi connectivity index (χ1n) is 10.5. The van der Waals surface area contributed by atoms with E-state index < -0.39 is 10.0 Å². The lowest BCUT2D eigenvalue weighted by molar-refractivity contribution is 0.0943. The Bertz CT molecular complexity index is 1140. The minimum absolute atomic E-state index is 0.226. The quantitative estimate of drug-likeness (QED) is 0.629. The first-order chi connectivity index (χ1) is 14.9. The molecule has 3 aromatic rings. The summed E-state index contributed by atoms with van der Waals surface area (Å²) in [7, 11) is -3.49. The van der Waals surface area contributed by atoms with Crippen molar-refractivity contribution in [1.29, 1.82) is 0 Å². The van der Waals surface area contributed by atoms with Gasteiger partial charge in [0.05, 0.1) is 10.9 Å². The van der Waals surface area contributed by atoms with Crippen molar-refractivity contribution in [2.24, 2.45) is 0 Å². The van der Waals surface area contributed by atoms with Crippen LogP contribution in [-0.4, -0.2) is 31.7 Å². The normalized spacial score (nSPS) is 15.5. The summed E-state index contributed by atoms with van der Waals surface area (Å²) in [6.07, 6.45) is 1.78. The molecule has 1 atom stereocenters. The van der Waals surface area contributed by atoms with Gasteiger partial charge in [0, 0.05) is 18.7 Å². The molecule has 0 bridgehead atoms. The Hall–Kier alpha value is -2.96. The molecule has 1 amide bonds. The van der Waals surface area contributed by atoms with Crippen molar-refractivity contribution in [3.8, 4) is 0 Å². The predicted molar refractivity (Wildman–Crippen MR) is 121 cm³/mol. The van der Waals surface area contributed by atoms with Gasteiger partial charge in [0.1, 0.15) is 0 Å². The molecule has 1 heterocycles. The van der Waals surface area contributed by atoms with Gasteiger partial charge in [-0.1, -0.05) is 60.2 Å². The lowest BCUT2D eigenvalue weighted by atomic mass is 9.97. The van der Waals surface area contributed by atoms with Crippen molar-refractivity contribution in [2.75, 3.05) is 13.1 Å². The molecule has 0 saturated carbocycles. The van der Waals surface area contributed by atoms with Gasteiger partial charge >= 0.3 is 0 Å². The van der Waals surface area contributed by atoms with E-state index in [0.717, 1.165) is 29.5 Å². The SMILES string of the molecule is Cc1ccc([C@H](NC(=O)c2ccc(S(=O)(=O)N3CCCC3)cc2)c2ccccc2)cc1. The maximum atomic E-state index is 13.0. The maximum Gasteiger partial charge on any atom is 0.252 e. The number of aryl methyl sites for hydroxylation is 1. The van der Waals surface area contributed by atoms with Crippen molar-refractivity contribution < 1.29 is 13.2 Å². The van der Waals surface area contributed by atoms with Crippen LogP contribution in [0.4, 0.5) is 0 Å². The van der Waals surface area contributed by atoms with Gasteiger partial charge in [-0.05, 0) is 55.2 Å². The third-order valence-corrected chi connectivity index (χ3v) is 7.55. The van der Waals surface area contributed by atoms with Gasteiger partial charge < -0.3 is 5.32 Å². The fraction of sp³-hybridized carbons (Fsp3) is 0.240. The summed E-state index contributed by atoms with van der Waals surface area (Å²) in [5, 5.41) is 3.10. The summed E-state index contributed by atoms with van der Waals surface area (Å²) in [6.45, 7) is 3.14. The fourth-order valence-electron chi connectivity index (χ4n) is 3.83. The molecule has 1 aliphatic heterocycles. The zero-order valence-electron chi connectivity index (χ0n) is 17.5. The highest BCUT2D eigenvalue weighted by Gasteiger charge is 2.27. The Morgan fingerprint density at radius 1 is 0.839 bits per heavy atom. The maximum absolute atomic E-state index is 13.0. The molecule has 4 rings (SSSR count). The standard InChI is InChI=1S/C25H26N2O3S/c1-19-9-11-21(12-10-19)24(20-7-3-2-4-8-20)26-25(28)22-13-15-23(16-14-22)31(29,30)27-17-5-6-18-27/h2-4,7-16,24H,5-6,17-18H2,1H3,(H,26,28)/t24-/m1/s1. The van der Waals surface area contributed by atoms with Gasteiger partial charge in [-0.25, -0.2) is 8.42 Å². The third kappa shape index (κ3) is 4.70. The summed E-state index contributed by atoms with van der Waals surface area (Å²) >= 11 is 0. The van der Waals surface area contributed by atoms with Crippen LogP contribution in [0.5, 0.6) is 0 Å². The Labute approximate surface area is 183 Å². The Morgan fingerprint density at radius 3 is 2.03 bits per heavy atom. The Balaban J connectivity index is 1.57. The Kier molecular flexibility index (Phi) is 6.20. The van der Waals surface area contributed by atoms with Crippen molar-refractivity contribution in [3.05, 3.63) is 101 Å². The first-order valence-corrected chi connectivity index (χ1v) is 11.9. The van der Waals surface area contributed by atoms with Crippen LogP contribution in [0.15, 0.2) is 83.8 Å². The van der Waals surface area contributed by atoms with Gasteiger partial charge in [-0.15, -0.1) is 0 Å². The average Bonchev–Trinajstić information content (AvgIpc) is 3.35. The van der Waals surface area contributed by atoms with Gasteiger partial charge in [0.2, 0.25) is 10.0 Å². The zero-order chi connectivity index (χ0) is 21.8. The van der Waals surface area contributed by atoms with Crippen LogP contribution in [-0.2, 0) is 10.0 Å². The van der Waals surface area contributed by atoms with Crippen LogP contribution < -0.4 is 5.32 Å². The summed E-state index contributed by atoms with van der Waals surface area (Å²) in [5.74, 6) is -0.250. The highest BCUT2D eigenvalue weighted by molar-refractivity contribution is 7.89. The van der Waals surface area contributed by atoms with Crippen molar-refractivity contribution in [3.63, 3.8) is 0 Å². The van der Waals surface area contributed by atoms with E-state index >= 15 is 0 Å². The molecule has 0 aromatic heterocycles. The van der Waals surface area contributed by atoms with E-state index in [-0.39, 0.29) is 16.8 Å². The molecule has 31 heavy (non-hydrogen) atoms. The second kappa shape index (κ2) is 9.04. The first kappa shape index (κ1) is 21.3. The summed E-state index contributed by atoms with van der Waals surface area (Å²) in [5.41, 5.74) is 3.54. The molecule has 0 unspecified atom stereocenters. The number of carbonyl (C=O) groups excluding carboxylic acids is 1. The number of nitrogens with one attached hydrogen (secondary N) is 1. The minimum atomic E-state index is -3.49. The second-order valence-electron chi connectivity index (χ2n) is 7.86. The molecule has 0 spiro atoms. The number of hydrogen-bond donors (Lipinski definition) is 1. The van der Waals surface area contributed by atoms with E-state index in [9.17, 15) is 13.2 Å². The van der Waals surface area contributed by atoms with Crippen LogP contribution in [0, 0.1) is 6.92 Å². The molecule has 6 heteroatoms. The molecule has 1 aliphatic rings. The predicted octanol–water partition coefficient (Wildman–Crippen LogP) is 4.30. The van der Waals surface area contributed by atoms with E-state index in [1.54, 1.807) is 12.1 Å². The molecule has 160 valence electrons. The molecule has 1 N–H and O–H groups in total. The zero-order valence-corrected chi connectivity index (χ0v) is 18.3. The van der Waals surface area contributed by atoms with Crippen molar-refractivity contribution >= 4 is 15.9 Å². The minimum Gasteiger partial charge on any atom is -0.341 e. The number of sulfonamides is 1.